The number of thiophene rings is 1. The van der Waals surface area contributed by atoms with Gasteiger partial charge >= 0.3 is 0 Å². The summed E-state index contributed by atoms with van der Waals surface area (Å²) < 4.78 is 19.7. The van der Waals surface area contributed by atoms with Crippen molar-refractivity contribution in [3.63, 3.8) is 0 Å². The van der Waals surface area contributed by atoms with E-state index in [0.29, 0.717) is 41.7 Å². The maximum Gasteiger partial charge on any atom is 0.276 e. The van der Waals surface area contributed by atoms with Crippen LogP contribution in [0.5, 0.6) is 0 Å². The van der Waals surface area contributed by atoms with Crippen LogP contribution in [0.1, 0.15) is 50.5 Å². The number of hydrogen-bond donors (Lipinski definition) is 1. The van der Waals surface area contributed by atoms with E-state index < -0.39 is 5.82 Å². The molecule has 4 heterocycles. The lowest BCUT2D eigenvalue weighted by atomic mass is 10.1. The fraction of sp³-hybridized carbons (Fsp3) is 0.303. The number of ether oxygens (including phenoxy) is 1. The molecule has 1 saturated heterocycles. The first-order valence-electron chi connectivity index (χ1n) is 14.3. The SMILES string of the molecule is COCC[C@@H]1CCCN1c1cccc(C(=O)N2CCc3cc(C(=O)Nc4c(C)cccc4F)sc3-c3ccccc32)n1. The second-order valence-corrected chi connectivity index (χ2v) is 11.8. The average Bonchev–Trinajstić information content (AvgIpc) is 3.63. The summed E-state index contributed by atoms with van der Waals surface area (Å²) in [5, 5.41) is 2.75. The van der Waals surface area contributed by atoms with Crippen molar-refractivity contribution < 1.29 is 18.7 Å². The Morgan fingerprint density at radius 3 is 2.76 bits per heavy atom. The molecule has 0 spiro atoms. The summed E-state index contributed by atoms with van der Waals surface area (Å²) in [5.74, 6) is -0.144. The third-order valence-electron chi connectivity index (χ3n) is 8.06. The number of nitrogens with one attached hydrogen (secondary N) is 1. The van der Waals surface area contributed by atoms with Crippen molar-refractivity contribution in [2.24, 2.45) is 0 Å². The molecule has 2 aromatic heterocycles. The minimum atomic E-state index is -0.464. The predicted octanol–water partition coefficient (Wildman–Crippen LogP) is 6.72. The maximum absolute atomic E-state index is 14.4. The van der Waals surface area contributed by atoms with Gasteiger partial charge in [0.1, 0.15) is 17.3 Å². The first-order valence-corrected chi connectivity index (χ1v) is 15.1. The van der Waals surface area contributed by atoms with Crippen LogP contribution in [0.15, 0.2) is 66.7 Å². The van der Waals surface area contributed by atoms with Crippen molar-refractivity contribution in [3.8, 4) is 10.4 Å². The Labute approximate surface area is 249 Å². The van der Waals surface area contributed by atoms with Crippen molar-refractivity contribution in [2.75, 3.05) is 41.9 Å². The fourth-order valence-corrected chi connectivity index (χ4v) is 7.06. The number of hydrogen-bond acceptors (Lipinski definition) is 6. The van der Waals surface area contributed by atoms with E-state index in [9.17, 15) is 14.0 Å². The summed E-state index contributed by atoms with van der Waals surface area (Å²) in [5.41, 5.74) is 3.92. The van der Waals surface area contributed by atoms with E-state index in [1.807, 2.05) is 42.5 Å². The number of anilines is 3. The molecule has 4 aromatic rings. The van der Waals surface area contributed by atoms with E-state index >= 15 is 0 Å². The number of methoxy groups -OCH3 is 1. The highest BCUT2D eigenvalue weighted by molar-refractivity contribution is 7.17. The molecule has 6 rings (SSSR count). The van der Waals surface area contributed by atoms with Crippen LogP contribution in [0.25, 0.3) is 10.4 Å². The highest BCUT2D eigenvalue weighted by Gasteiger charge is 2.30. The largest absolute Gasteiger partial charge is 0.385 e. The van der Waals surface area contributed by atoms with Crippen molar-refractivity contribution in [2.45, 2.75) is 38.6 Å². The van der Waals surface area contributed by atoms with Crippen LogP contribution in [0.4, 0.5) is 21.6 Å². The molecule has 0 saturated carbocycles. The monoisotopic (exact) mass is 584 g/mol. The van der Waals surface area contributed by atoms with Crippen LogP contribution >= 0.6 is 11.3 Å². The average molecular weight is 585 g/mol. The Morgan fingerprint density at radius 2 is 1.93 bits per heavy atom. The lowest BCUT2D eigenvalue weighted by Crippen LogP contribution is -2.34. The lowest BCUT2D eigenvalue weighted by molar-refractivity contribution is 0.0981. The molecule has 1 N–H and O–H groups in total. The Balaban J connectivity index is 1.27. The quantitative estimate of drug-likeness (QED) is 0.261. The van der Waals surface area contributed by atoms with Crippen LogP contribution in [-0.2, 0) is 11.2 Å². The van der Waals surface area contributed by atoms with Gasteiger partial charge in [-0.05, 0) is 74.1 Å². The van der Waals surface area contributed by atoms with Crippen molar-refractivity contribution >= 4 is 40.3 Å². The smallest absolute Gasteiger partial charge is 0.276 e. The Morgan fingerprint density at radius 1 is 1.10 bits per heavy atom. The number of nitrogens with zero attached hydrogens (tertiary/aromatic N) is 3. The van der Waals surface area contributed by atoms with Crippen molar-refractivity contribution in [3.05, 3.63) is 94.2 Å². The summed E-state index contributed by atoms with van der Waals surface area (Å²) in [6.45, 7) is 3.82. The molecule has 0 aliphatic carbocycles. The number of rotatable bonds is 7. The zero-order valence-corrected chi connectivity index (χ0v) is 24.5. The first-order chi connectivity index (χ1) is 20.4. The Bertz CT molecular complexity index is 1620. The summed E-state index contributed by atoms with van der Waals surface area (Å²) >= 11 is 1.36. The number of amides is 2. The number of benzene rings is 2. The number of aryl methyl sites for hydroxylation is 1. The summed E-state index contributed by atoms with van der Waals surface area (Å²) in [7, 11) is 1.72. The minimum Gasteiger partial charge on any atom is -0.385 e. The van der Waals surface area contributed by atoms with Gasteiger partial charge in [-0.25, -0.2) is 9.37 Å². The molecule has 0 unspecified atom stereocenters. The van der Waals surface area contributed by atoms with Crippen LogP contribution in [-0.4, -0.2) is 49.6 Å². The molecular formula is C33H33FN4O3S. The fourth-order valence-electron chi connectivity index (χ4n) is 5.92. The minimum absolute atomic E-state index is 0.153. The number of para-hydroxylation sites is 2. The van der Waals surface area contributed by atoms with Crippen molar-refractivity contribution in [1.82, 2.24) is 4.98 Å². The molecule has 216 valence electrons. The van der Waals surface area contributed by atoms with E-state index in [-0.39, 0.29) is 17.5 Å². The molecule has 0 radical (unpaired) electrons. The van der Waals surface area contributed by atoms with Crippen molar-refractivity contribution in [1.29, 1.82) is 0 Å². The van der Waals surface area contributed by atoms with Gasteiger partial charge in [-0.3, -0.25) is 9.59 Å². The van der Waals surface area contributed by atoms with E-state index in [0.717, 1.165) is 53.3 Å². The van der Waals surface area contributed by atoms with Gasteiger partial charge in [0.15, 0.2) is 0 Å². The predicted molar refractivity (Wildman–Crippen MR) is 165 cm³/mol. The first kappa shape index (κ1) is 28.1. The van der Waals surface area contributed by atoms with E-state index in [4.69, 9.17) is 9.72 Å². The molecule has 7 nitrogen and oxygen atoms in total. The maximum atomic E-state index is 14.4. The van der Waals surface area contributed by atoms with Gasteiger partial charge in [-0.15, -0.1) is 11.3 Å². The van der Waals surface area contributed by atoms with E-state index in [1.54, 1.807) is 37.1 Å². The van der Waals surface area contributed by atoms with E-state index in [1.165, 1.54) is 17.4 Å². The van der Waals surface area contributed by atoms with E-state index in [2.05, 4.69) is 10.2 Å². The Hall–Kier alpha value is -4.08. The molecule has 1 atom stereocenters. The van der Waals surface area contributed by atoms with Crippen LogP contribution in [0, 0.1) is 12.7 Å². The molecule has 0 bridgehead atoms. The Kier molecular flexibility index (Phi) is 8.04. The van der Waals surface area contributed by atoms with Gasteiger partial charge in [0, 0.05) is 43.3 Å². The summed E-state index contributed by atoms with van der Waals surface area (Å²) in [6.07, 6.45) is 3.68. The molecular weight excluding hydrogens is 551 g/mol. The molecule has 2 amide bonds. The molecule has 2 aromatic carbocycles. The molecule has 1 fully saturated rings. The van der Waals surface area contributed by atoms with Crippen LogP contribution in [0.3, 0.4) is 0 Å². The van der Waals surface area contributed by atoms with Gasteiger partial charge in [-0.2, -0.15) is 0 Å². The number of fused-ring (bicyclic) bond motifs is 3. The number of aromatic nitrogens is 1. The second kappa shape index (κ2) is 12.0. The van der Waals surface area contributed by atoms with Crippen LogP contribution in [0.2, 0.25) is 0 Å². The third kappa shape index (κ3) is 5.42. The van der Waals surface area contributed by atoms with Gasteiger partial charge in [0.05, 0.1) is 16.3 Å². The highest BCUT2D eigenvalue weighted by Crippen LogP contribution is 2.42. The normalized spacial score (nSPS) is 16.1. The number of carbonyl (C=O) groups excluding carboxylic acids is 2. The zero-order chi connectivity index (χ0) is 29.2. The summed E-state index contributed by atoms with van der Waals surface area (Å²) in [4.78, 5) is 37.5. The number of halogens is 1. The van der Waals surface area contributed by atoms with Gasteiger partial charge in [0.2, 0.25) is 0 Å². The third-order valence-corrected chi connectivity index (χ3v) is 9.27. The molecule has 42 heavy (non-hydrogen) atoms. The number of pyridine rings is 1. The van der Waals surface area contributed by atoms with Gasteiger partial charge in [0.25, 0.3) is 11.8 Å². The second-order valence-electron chi connectivity index (χ2n) is 10.7. The van der Waals surface area contributed by atoms with Gasteiger partial charge in [-0.1, -0.05) is 36.4 Å². The topological polar surface area (TPSA) is 74.8 Å². The standard InChI is InChI=1S/C33H33FN4O3S/c1-21-8-5-11-25(34)30(21)36-32(39)28-20-22-15-18-38(27-13-4-3-10-24(27)31(22)42-28)33(40)26-12-6-14-29(35-26)37-17-7-9-23(37)16-19-41-2/h3-6,8,10-14,20,23H,7,9,15-19H2,1-2H3,(H,36,39)/t23-/m0/s1. The highest BCUT2D eigenvalue weighted by atomic mass is 32.1. The molecule has 2 aliphatic heterocycles. The molecule has 2 aliphatic rings. The zero-order valence-electron chi connectivity index (χ0n) is 23.7. The summed E-state index contributed by atoms with van der Waals surface area (Å²) in [6, 6.07) is 20.4. The lowest BCUT2D eigenvalue weighted by Gasteiger charge is -2.27. The number of carbonyl (C=O) groups is 2. The molecule has 9 heteroatoms. The van der Waals surface area contributed by atoms with Crippen LogP contribution < -0.4 is 15.1 Å². The van der Waals surface area contributed by atoms with Gasteiger partial charge < -0.3 is 19.9 Å².